The monoisotopic (exact) mass is 453 g/mol. The molecule has 0 aliphatic carbocycles. The van der Waals surface area contributed by atoms with Gasteiger partial charge in [-0.2, -0.15) is 13.2 Å². The maximum Gasteiger partial charge on any atom is 0.416 e. The van der Waals surface area contributed by atoms with Gasteiger partial charge in [-0.15, -0.1) is 0 Å². The number of nitrogen functional groups attached to an aromatic ring is 1. The Balaban J connectivity index is 1.75. The summed E-state index contributed by atoms with van der Waals surface area (Å²) in [5.41, 5.74) is 5.97. The number of hydrogen-bond acceptors (Lipinski definition) is 4. The average Bonchev–Trinajstić information content (AvgIpc) is 3.10. The maximum absolute atomic E-state index is 13.2. The minimum Gasteiger partial charge on any atom is -0.497 e. The van der Waals surface area contributed by atoms with Crippen LogP contribution in [-0.4, -0.2) is 23.2 Å². The Morgan fingerprint density at radius 3 is 2.39 bits per heavy atom. The van der Waals surface area contributed by atoms with Gasteiger partial charge >= 0.3 is 6.18 Å². The molecule has 1 amide bonds. The minimum atomic E-state index is -4.55. The predicted molar refractivity (Wildman–Crippen MR) is 118 cm³/mol. The number of aromatic nitrogens is 1. The number of fused-ring (bicyclic) bond motifs is 1. The molecule has 2 aromatic carbocycles. The van der Waals surface area contributed by atoms with E-state index in [-0.39, 0.29) is 22.6 Å². The summed E-state index contributed by atoms with van der Waals surface area (Å²) in [7, 11) is 1.50. The third kappa shape index (κ3) is 4.12. The van der Waals surface area contributed by atoms with E-state index < -0.39 is 23.4 Å². The Morgan fingerprint density at radius 2 is 1.73 bits per heavy atom. The fourth-order valence-corrected chi connectivity index (χ4v) is 3.54. The van der Waals surface area contributed by atoms with Crippen molar-refractivity contribution in [1.82, 2.24) is 4.40 Å². The minimum absolute atomic E-state index is 0.00938. The summed E-state index contributed by atoms with van der Waals surface area (Å²) in [6.07, 6.45) is -2.97. The largest absolute Gasteiger partial charge is 0.497 e. The van der Waals surface area contributed by atoms with Gasteiger partial charge in [0.1, 0.15) is 11.4 Å². The highest BCUT2D eigenvalue weighted by molar-refractivity contribution is 6.20. The molecule has 0 radical (unpaired) electrons. The number of anilines is 2. The Hall–Kier alpha value is -4.27. The van der Waals surface area contributed by atoms with Crippen molar-refractivity contribution < 1.29 is 27.5 Å². The molecule has 0 saturated heterocycles. The number of rotatable bonds is 5. The van der Waals surface area contributed by atoms with E-state index in [9.17, 15) is 22.8 Å². The molecule has 0 bridgehead atoms. The Bertz CT molecular complexity index is 1360. The highest BCUT2D eigenvalue weighted by Gasteiger charge is 2.31. The first-order valence-electron chi connectivity index (χ1n) is 9.76. The first-order valence-corrected chi connectivity index (χ1v) is 9.76. The van der Waals surface area contributed by atoms with Crippen molar-refractivity contribution in [1.29, 1.82) is 0 Å². The van der Waals surface area contributed by atoms with E-state index in [1.54, 1.807) is 48.7 Å². The molecule has 4 aromatic rings. The standard InChI is InChI=1S/C24H18F3N3O3/c1-33-17-10-8-14(9-11-17)22(31)21-20(28)19(18-7-2-3-12-30(18)21)23(32)29-16-6-4-5-15(13-16)24(25,26)27/h2-13H,28H2,1H3,(H,29,32). The van der Waals surface area contributed by atoms with Crippen LogP contribution < -0.4 is 15.8 Å². The number of nitrogens with one attached hydrogen (secondary N) is 1. The van der Waals surface area contributed by atoms with Crippen molar-refractivity contribution in [2.75, 3.05) is 18.2 Å². The van der Waals surface area contributed by atoms with E-state index in [0.717, 1.165) is 12.1 Å². The molecule has 2 heterocycles. The first-order chi connectivity index (χ1) is 15.7. The second-order valence-corrected chi connectivity index (χ2v) is 7.18. The second-order valence-electron chi connectivity index (χ2n) is 7.18. The zero-order valence-corrected chi connectivity index (χ0v) is 17.3. The summed E-state index contributed by atoms with van der Waals surface area (Å²) < 4.78 is 45.7. The molecule has 3 N–H and O–H groups in total. The van der Waals surface area contributed by atoms with Crippen molar-refractivity contribution in [3.63, 3.8) is 0 Å². The number of benzene rings is 2. The molecule has 33 heavy (non-hydrogen) atoms. The van der Waals surface area contributed by atoms with E-state index >= 15 is 0 Å². The van der Waals surface area contributed by atoms with Crippen LogP contribution in [0.5, 0.6) is 5.75 Å². The number of amides is 1. The fourth-order valence-electron chi connectivity index (χ4n) is 3.54. The Kier molecular flexibility index (Phi) is 5.55. The molecule has 2 aromatic heterocycles. The summed E-state index contributed by atoms with van der Waals surface area (Å²) in [5, 5.41) is 2.45. The third-order valence-corrected chi connectivity index (χ3v) is 5.12. The van der Waals surface area contributed by atoms with E-state index in [4.69, 9.17) is 10.5 Å². The molecule has 168 valence electrons. The van der Waals surface area contributed by atoms with Crippen LogP contribution in [0.2, 0.25) is 0 Å². The van der Waals surface area contributed by atoms with Crippen molar-refractivity contribution in [3.8, 4) is 5.75 Å². The quantitative estimate of drug-likeness (QED) is 0.415. The lowest BCUT2D eigenvalue weighted by atomic mass is 10.1. The molecule has 0 spiro atoms. The third-order valence-electron chi connectivity index (χ3n) is 5.12. The highest BCUT2D eigenvalue weighted by atomic mass is 19.4. The van der Waals surface area contributed by atoms with Crippen molar-refractivity contribution in [3.05, 3.63) is 95.3 Å². The van der Waals surface area contributed by atoms with E-state index in [2.05, 4.69) is 5.32 Å². The number of carbonyl (C=O) groups excluding carboxylic acids is 2. The van der Waals surface area contributed by atoms with Gasteiger partial charge in [-0.05, 0) is 54.6 Å². The van der Waals surface area contributed by atoms with Crippen LogP contribution >= 0.6 is 0 Å². The lowest BCUT2D eigenvalue weighted by molar-refractivity contribution is -0.137. The van der Waals surface area contributed by atoms with Crippen LogP contribution in [-0.2, 0) is 6.18 Å². The number of carbonyl (C=O) groups is 2. The number of alkyl halides is 3. The van der Waals surface area contributed by atoms with Gasteiger partial charge < -0.3 is 20.2 Å². The maximum atomic E-state index is 13.2. The summed E-state index contributed by atoms with van der Waals surface area (Å²) in [4.78, 5) is 26.3. The van der Waals surface area contributed by atoms with Gasteiger partial charge in [-0.1, -0.05) is 12.1 Å². The van der Waals surface area contributed by atoms with Gasteiger partial charge in [0.05, 0.1) is 29.4 Å². The Labute approximate surface area is 186 Å². The van der Waals surface area contributed by atoms with Crippen LogP contribution in [0.1, 0.15) is 32.0 Å². The fraction of sp³-hybridized carbons (Fsp3) is 0.0833. The lowest BCUT2D eigenvalue weighted by Gasteiger charge is -2.10. The van der Waals surface area contributed by atoms with Gasteiger partial charge in [0.2, 0.25) is 5.78 Å². The zero-order valence-electron chi connectivity index (χ0n) is 17.3. The number of hydrogen-bond donors (Lipinski definition) is 2. The highest BCUT2D eigenvalue weighted by Crippen LogP contribution is 2.32. The summed E-state index contributed by atoms with van der Waals surface area (Å²) >= 11 is 0. The number of methoxy groups -OCH3 is 1. The van der Waals surface area contributed by atoms with Crippen LogP contribution in [0.3, 0.4) is 0 Å². The molecule has 0 unspecified atom stereocenters. The van der Waals surface area contributed by atoms with Crippen LogP contribution in [0.15, 0.2) is 72.9 Å². The molecule has 0 aliphatic heterocycles. The van der Waals surface area contributed by atoms with Gasteiger partial charge in [-0.3, -0.25) is 9.59 Å². The Morgan fingerprint density at radius 1 is 1.00 bits per heavy atom. The molecule has 4 rings (SSSR count). The topological polar surface area (TPSA) is 85.8 Å². The van der Waals surface area contributed by atoms with Crippen molar-refractivity contribution in [2.45, 2.75) is 6.18 Å². The molecule has 0 fully saturated rings. The molecule has 0 saturated carbocycles. The van der Waals surface area contributed by atoms with Crippen molar-refractivity contribution >= 4 is 28.6 Å². The average molecular weight is 453 g/mol. The molecule has 0 aliphatic rings. The molecular weight excluding hydrogens is 435 g/mol. The lowest BCUT2D eigenvalue weighted by Crippen LogP contribution is -2.15. The molecular formula is C24H18F3N3O3. The van der Waals surface area contributed by atoms with Gasteiger partial charge in [0.25, 0.3) is 5.91 Å². The summed E-state index contributed by atoms with van der Waals surface area (Å²) in [6, 6.07) is 15.6. The van der Waals surface area contributed by atoms with Crippen LogP contribution in [0, 0.1) is 0 Å². The van der Waals surface area contributed by atoms with Gasteiger partial charge in [0, 0.05) is 17.4 Å². The first kappa shape index (κ1) is 21.9. The molecule has 6 nitrogen and oxygen atoms in total. The second kappa shape index (κ2) is 8.34. The van der Waals surface area contributed by atoms with Crippen LogP contribution in [0.4, 0.5) is 24.5 Å². The normalized spacial score (nSPS) is 11.4. The number of pyridine rings is 1. The summed E-state index contributed by atoms with van der Waals surface area (Å²) in [5.74, 6) is -0.584. The smallest absolute Gasteiger partial charge is 0.416 e. The number of nitrogens with two attached hydrogens (primary N) is 1. The summed E-state index contributed by atoms with van der Waals surface area (Å²) in [6.45, 7) is 0. The molecule has 0 atom stereocenters. The van der Waals surface area contributed by atoms with E-state index in [1.807, 2.05) is 0 Å². The predicted octanol–water partition coefficient (Wildman–Crippen LogP) is 5.03. The number of halogens is 3. The molecule has 9 heteroatoms. The number of ether oxygens (including phenoxy) is 1. The van der Waals surface area contributed by atoms with Crippen molar-refractivity contribution in [2.24, 2.45) is 0 Å². The van der Waals surface area contributed by atoms with E-state index in [1.165, 1.54) is 23.6 Å². The zero-order chi connectivity index (χ0) is 23.8. The number of ketones is 1. The number of nitrogens with zero attached hydrogens (tertiary/aromatic N) is 1. The van der Waals surface area contributed by atoms with E-state index in [0.29, 0.717) is 16.8 Å². The van der Waals surface area contributed by atoms with Crippen LogP contribution in [0.25, 0.3) is 5.52 Å². The van der Waals surface area contributed by atoms with Gasteiger partial charge in [-0.25, -0.2) is 0 Å². The van der Waals surface area contributed by atoms with Gasteiger partial charge in [0.15, 0.2) is 0 Å². The SMILES string of the molecule is COc1ccc(C(=O)c2c(N)c(C(=O)Nc3cccc(C(F)(F)F)c3)c3ccccn23)cc1.